The van der Waals surface area contributed by atoms with Crippen molar-refractivity contribution < 1.29 is 9.66 Å². The van der Waals surface area contributed by atoms with Gasteiger partial charge in [-0.3, -0.25) is 0 Å². The fourth-order valence-electron chi connectivity index (χ4n) is 1.73. The van der Waals surface area contributed by atoms with Crippen LogP contribution in [0.25, 0.3) is 0 Å². The van der Waals surface area contributed by atoms with E-state index >= 15 is 0 Å². The number of nitro groups is 1. The minimum atomic E-state index is -0.479. The molecular formula is C14H17N5O3. The molecule has 0 bridgehead atoms. The Hall–Kier alpha value is -2.90. The van der Waals surface area contributed by atoms with Crippen molar-refractivity contribution in [3.63, 3.8) is 0 Å². The minimum absolute atomic E-state index is 0.0632. The number of aromatic nitrogens is 2. The molecule has 1 aromatic carbocycles. The van der Waals surface area contributed by atoms with Crippen LogP contribution in [-0.2, 0) is 13.7 Å². The third-order valence-electron chi connectivity index (χ3n) is 2.96. The quantitative estimate of drug-likeness (QED) is 0.366. The molecule has 0 aliphatic carbocycles. The monoisotopic (exact) mass is 303 g/mol. The molecule has 116 valence electrons. The van der Waals surface area contributed by atoms with Crippen molar-refractivity contribution in [1.82, 2.24) is 14.9 Å². The molecule has 0 amide bonds. The van der Waals surface area contributed by atoms with Gasteiger partial charge in [0.1, 0.15) is 11.9 Å². The Bertz CT molecular complexity index is 664. The van der Waals surface area contributed by atoms with Crippen molar-refractivity contribution in [3.05, 3.63) is 46.4 Å². The fourth-order valence-corrected chi connectivity index (χ4v) is 1.73. The molecule has 0 fully saturated rings. The Labute approximate surface area is 127 Å². The summed E-state index contributed by atoms with van der Waals surface area (Å²) in [5.74, 6) is 1.07. The van der Waals surface area contributed by atoms with Crippen LogP contribution >= 0.6 is 0 Å². The van der Waals surface area contributed by atoms with Crippen molar-refractivity contribution in [3.8, 4) is 5.75 Å². The van der Waals surface area contributed by atoms with Crippen LogP contribution in [0.5, 0.6) is 5.75 Å². The van der Waals surface area contributed by atoms with Gasteiger partial charge in [-0.25, -0.2) is 14.5 Å². The number of nitrogens with zero attached hydrogens (tertiary/aromatic N) is 4. The molecule has 0 unspecified atom stereocenters. The number of rotatable bonds is 7. The fraction of sp³-hybridized carbons (Fsp3) is 0.286. The van der Waals surface area contributed by atoms with Gasteiger partial charge in [-0.1, -0.05) is 0 Å². The number of hydrogen-bond donors (Lipinski definition) is 1. The highest BCUT2D eigenvalue weighted by Gasteiger charge is 2.16. The maximum atomic E-state index is 10.7. The first-order valence-corrected chi connectivity index (χ1v) is 6.75. The Balaban J connectivity index is 1.96. The number of ether oxygens (including phenoxy) is 1. The molecule has 0 saturated carbocycles. The topological polar surface area (TPSA) is 94.6 Å². The van der Waals surface area contributed by atoms with Gasteiger partial charge >= 0.3 is 5.82 Å². The molecular weight excluding hydrogens is 286 g/mol. The molecule has 0 radical (unpaired) electrons. The van der Waals surface area contributed by atoms with Crippen LogP contribution < -0.4 is 10.1 Å². The largest absolute Gasteiger partial charge is 0.483 e. The molecule has 0 spiro atoms. The number of imidazole rings is 1. The van der Waals surface area contributed by atoms with Crippen LogP contribution in [0, 0.1) is 10.1 Å². The lowest BCUT2D eigenvalue weighted by Crippen LogP contribution is -2.08. The summed E-state index contributed by atoms with van der Waals surface area (Å²) < 4.78 is 6.97. The van der Waals surface area contributed by atoms with Crippen LogP contribution in [0.1, 0.15) is 12.7 Å². The molecule has 0 aliphatic heterocycles. The molecule has 0 aliphatic rings. The lowest BCUT2D eigenvalue weighted by molar-refractivity contribution is -0.391. The van der Waals surface area contributed by atoms with Crippen LogP contribution in [0.3, 0.4) is 0 Å². The van der Waals surface area contributed by atoms with Crippen LogP contribution in [0.4, 0.5) is 11.5 Å². The number of hydrogen-bond acceptors (Lipinski definition) is 5. The highest BCUT2D eigenvalue weighted by atomic mass is 16.6. The van der Waals surface area contributed by atoms with E-state index in [9.17, 15) is 10.1 Å². The van der Waals surface area contributed by atoms with Gasteiger partial charge in [0.05, 0.1) is 19.1 Å². The summed E-state index contributed by atoms with van der Waals surface area (Å²) in [6.45, 7) is 2.97. The second-order valence-corrected chi connectivity index (χ2v) is 4.45. The average Bonchev–Trinajstić information content (AvgIpc) is 2.88. The van der Waals surface area contributed by atoms with E-state index in [1.165, 1.54) is 10.8 Å². The molecule has 0 atom stereocenters. The maximum Gasteiger partial charge on any atom is 0.342 e. The summed E-state index contributed by atoms with van der Waals surface area (Å²) >= 11 is 0. The van der Waals surface area contributed by atoms with E-state index in [2.05, 4.69) is 15.3 Å². The third-order valence-corrected chi connectivity index (χ3v) is 2.96. The van der Waals surface area contributed by atoms with Crippen LogP contribution in [0.15, 0.2) is 35.5 Å². The third kappa shape index (κ3) is 3.81. The molecule has 1 aromatic heterocycles. The van der Waals surface area contributed by atoms with Gasteiger partial charge in [0.2, 0.25) is 5.82 Å². The summed E-state index contributed by atoms with van der Waals surface area (Å²) in [5.41, 5.74) is 0.806. The Morgan fingerprint density at radius 1 is 1.45 bits per heavy atom. The number of benzene rings is 1. The highest BCUT2D eigenvalue weighted by molar-refractivity contribution is 5.61. The smallest absolute Gasteiger partial charge is 0.342 e. The maximum absolute atomic E-state index is 10.7. The summed E-state index contributed by atoms with van der Waals surface area (Å²) in [7, 11) is 1.59. The van der Waals surface area contributed by atoms with Gasteiger partial charge in [0.25, 0.3) is 0 Å². The van der Waals surface area contributed by atoms with E-state index in [-0.39, 0.29) is 12.4 Å². The van der Waals surface area contributed by atoms with E-state index in [4.69, 9.17) is 4.74 Å². The molecule has 0 saturated heterocycles. The molecule has 8 heteroatoms. The Morgan fingerprint density at radius 3 is 2.77 bits per heavy atom. The summed E-state index contributed by atoms with van der Waals surface area (Å²) in [6, 6.07) is 7.22. The first kappa shape index (κ1) is 15.5. The van der Waals surface area contributed by atoms with Gasteiger partial charge in [-0.15, -0.1) is 0 Å². The summed E-state index contributed by atoms with van der Waals surface area (Å²) in [6.07, 6.45) is 2.86. The van der Waals surface area contributed by atoms with Crippen molar-refractivity contribution >= 4 is 17.8 Å². The van der Waals surface area contributed by atoms with Crippen molar-refractivity contribution in [1.29, 1.82) is 0 Å². The minimum Gasteiger partial charge on any atom is -0.483 e. The second-order valence-electron chi connectivity index (χ2n) is 4.45. The van der Waals surface area contributed by atoms with Crippen molar-refractivity contribution in [2.24, 2.45) is 12.0 Å². The molecule has 2 rings (SSSR count). The Morgan fingerprint density at radius 2 is 2.18 bits per heavy atom. The normalized spacial score (nSPS) is 10.8. The average molecular weight is 303 g/mol. The number of aliphatic imine (C=N–C) groups is 1. The Kier molecular flexibility index (Phi) is 5.07. The van der Waals surface area contributed by atoms with Crippen LogP contribution in [-0.4, -0.2) is 27.4 Å². The standard InChI is InChI=1S/C14H17N5O3/c1-3-15-10-17-11-4-6-12(7-5-11)22-9-13-16-8-14(18(13)2)19(20)21/h4-8,10H,3,9H2,1-2H3,(H,15,17). The van der Waals surface area contributed by atoms with Crippen molar-refractivity contribution in [2.75, 3.05) is 6.54 Å². The SMILES string of the molecule is CCN/C=N/c1ccc(OCc2ncc([N+](=O)[O-])n2C)cc1. The van der Waals surface area contributed by atoms with Gasteiger partial charge in [0.15, 0.2) is 6.61 Å². The van der Waals surface area contributed by atoms with Crippen LogP contribution in [0.2, 0.25) is 0 Å². The lowest BCUT2D eigenvalue weighted by Gasteiger charge is -2.04. The van der Waals surface area contributed by atoms with E-state index in [0.717, 1.165) is 12.2 Å². The summed E-state index contributed by atoms with van der Waals surface area (Å²) in [4.78, 5) is 18.5. The van der Waals surface area contributed by atoms with E-state index in [1.807, 2.05) is 19.1 Å². The molecule has 2 aromatic rings. The van der Waals surface area contributed by atoms with Gasteiger partial charge in [-0.05, 0) is 36.1 Å². The number of nitrogens with one attached hydrogen (secondary N) is 1. The zero-order valence-electron chi connectivity index (χ0n) is 12.4. The van der Waals surface area contributed by atoms with Crippen molar-refractivity contribution in [2.45, 2.75) is 13.5 Å². The molecule has 1 N–H and O–H groups in total. The van der Waals surface area contributed by atoms with E-state index < -0.39 is 4.92 Å². The summed E-state index contributed by atoms with van der Waals surface area (Å²) in [5, 5.41) is 13.7. The predicted molar refractivity (Wildman–Crippen MR) is 82.5 cm³/mol. The van der Waals surface area contributed by atoms with E-state index in [0.29, 0.717) is 11.6 Å². The van der Waals surface area contributed by atoms with E-state index in [1.54, 1.807) is 25.5 Å². The second kappa shape index (κ2) is 7.21. The zero-order valence-corrected chi connectivity index (χ0v) is 12.4. The predicted octanol–water partition coefficient (Wildman–Crippen LogP) is 2.18. The highest BCUT2D eigenvalue weighted by Crippen LogP contribution is 2.19. The van der Waals surface area contributed by atoms with Gasteiger partial charge in [0, 0.05) is 6.54 Å². The lowest BCUT2D eigenvalue weighted by atomic mass is 10.3. The molecule has 22 heavy (non-hydrogen) atoms. The molecule has 1 heterocycles. The first-order chi connectivity index (χ1) is 10.6. The van der Waals surface area contributed by atoms with Gasteiger partial charge < -0.3 is 20.2 Å². The zero-order chi connectivity index (χ0) is 15.9. The first-order valence-electron chi connectivity index (χ1n) is 6.75. The van der Waals surface area contributed by atoms with Gasteiger partial charge in [-0.2, -0.15) is 0 Å². The molecule has 8 nitrogen and oxygen atoms in total.